The Morgan fingerprint density at radius 3 is 2.48 bits per heavy atom. The number of Topliss-reactive ketones (excluding diaryl/α,β-unsaturated/α-hetero) is 1. The summed E-state index contributed by atoms with van der Waals surface area (Å²) in [5.74, 6) is 1.37. The molecule has 0 unspecified atom stereocenters. The number of thiophene rings is 1. The Bertz CT molecular complexity index is 622. The lowest BCUT2D eigenvalue weighted by Crippen LogP contribution is -2.05. The molecule has 1 aromatic carbocycles. The average molecular weight is 369 g/mol. The molecule has 1 aromatic heterocycles. The van der Waals surface area contributed by atoms with E-state index in [4.69, 9.17) is 9.47 Å². The molecule has 0 aliphatic carbocycles. The van der Waals surface area contributed by atoms with Crippen LogP contribution in [0.15, 0.2) is 34.1 Å². The van der Waals surface area contributed by atoms with Crippen molar-refractivity contribution in [2.24, 2.45) is 0 Å². The lowest BCUT2D eigenvalue weighted by atomic mass is 10.1. The van der Waals surface area contributed by atoms with Crippen LogP contribution in [0.25, 0.3) is 0 Å². The van der Waals surface area contributed by atoms with Crippen LogP contribution >= 0.6 is 27.3 Å². The first kappa shape index (κ1) is 16.0. The third-order valence-corrected chi connectivity index (χ3v) is 4.80. The summed E-state index contributed by atoms with van der Waals surface area (Å²) >= 11 is 5.03. The number of halogens is 1. The van der Waals surface area contributed by atoms with Crippen molar-refractivity contribution >= 4 is 33.0 Å². The van der Waals surface area contributed by atoms with Gasteiger partial charge in [0, 0.05) is 21.3 Å². The Morgan fingerprint density at radius 1 is 1.14 bits per heavy atom. The van der Waals surface area contributed by atoms with Crippen molar-refractivity contribution in [1.82, 2.24) is 0 Å². The highest BCUT2D eigenvalue weighted by Gasteiger charge is 2.14. The fraction of sp³-hybridized carbons (Fsp3) is 0.312. The van der Waals surface area contributed by atoms with Crippen LogP contribution in [0.4, 0.5) is 0 Å². The van der Waals surface area contributed by atoms with Gasteiger partial charge in [-0.05, 0) is 59.4 Å². The molecule has 0 spiro atoms. The number of ether oxygens (including phenoxy) is 2. The van der Waals surface area contributed by atoms with Crippen molar-refractivity contribution in [2.45, 2.75) is 20.3 Å². The van der Waals surface area contributed by atoms with Gasteiger partial charge < -0.3 is 9.47 Å². The highest BCUT2D eigenvalue weighted by atomic mass is 79.9. The number of hydrogen-bond acceptors (Lipinski definition) is 4. The van der Waals surface area contributed by atoms with Crippen molar-refractivity contribution in [1.29, 1.82) is 0 Å². The Morgan fingerprint density at radius 2 is 1.86 bits per heavy atom. The maximum Gasteiger partial charge on any atom is 0.168 e. The monoisotopic (exact) mass is 368 g/mol. The summed E-state index contributed by atoms with van der Waals surface area (Å²) in [5, 5.41) is 1.97. The molecule has 0 aliphatic heterocycles. The number of hydrogen-bond donors (Lipinski definition) is 0. The summed E-state index contributed by atoms with van der Waals surface area (Å²) in [4.78, 5) is 13.4. The zero-order valence-electron chi connectivity index (χ0n) is 12.0. The van der Waals surface area contributed by atoms with Crippen molar-refractivity contribution < 1.29 is 14.3 Å². The topological polar surface area (TPSA) is 35.5 Å². The van der Waals surface area contributed by atoms with Gasteiger partial charge in [0.25, 0.3) is 0 Å². The first-order valence-corrected chi connectivity index (χ1v) is 8.47. The fourth-order valence-corrected chi connectivity index (χ4v) is 3.41. The maximum atomic E-state index is 12.4. The zero-order valence-corrected chi connectivity index (χ0v) is 14.4. The molecule has 3 nitrogen and oxygen atoms in total. The summed E-state index contributed by atoms with van der Waals surface area (Å²) in [6.07, 6.45) is 0.387. The molecule has 2 rings (SSSR count). The van der Waals surface area contributed by atoms with E-state index in [2.05, 4.69) is 15.9 Å². The SMILES string of the molecule is CCOc1ccc(C(=O)Cc2sccc2Br)cc1OCC. The maximum absolute atomic E-state index is 12.4. The molecule has 0 atom stereocenters. The summed E-state index contributed by atoms with van der Waals surface area (Å²) < 4.78 is 12.0. The van der Waals surface area contributed by atoms with Crippen LogP contribution in [-0.2, 0) is 6.42 Å². The van der Waals surface area contributed by atoms with E-state index in [0.29, 0.717) is 36.7 Å². The molecular weight excluding hydrogens is 352 g/mol. The quantitative estimate of drug-likeness (QED) is 0.662. The molecule has 0 bridgehead atoms. The van der Waals surface area contributed by atoms with Gasteiger partial charge in [-0.25, -0.2) is 0 Å². The second kappa shape index (κ2) is 7.61. The van der Waals surface area contributed by atoms with E-state index < -0.39 is 0 Å². The molecule has 2 aromatic rings. The second-order valence-corrected chi connectivity index (χ2v) is 6.17. The summed E-state index contributed by atoms with van der Waals surface area (Å²) in [6, 6.07) is 7.30. The van der Waals surface area contributed by atoms with E-state index in [9.17, 15) is 4.79 Å². The summed E-state index contributed by atoms with van der Waals surface area (Å²) in [5.41, 5.74) is 0.641. The first-order chi connectivity index (χ1) is 10.2. The Labute approximate surface area is 137 Å². The van der Waals surface area contributed by atoms with E-state index >= 15 is 0 Å². The molecule has 0 saturated heterocycles. The van der Waals surface area contributed by atoms with Gasteiger partial charge in [0.05, 0.1) is 13.2 Å². The first-order valence-electron chi connectivity index (χ1n) is 6.80. The van der Waals surface area contributed by atoms with Gasteiger partial charge in [-0.1, -0.05) is 0 Å². The smallest absolute Gasteiger partial charge is 0.168 e. The van der Waals surface area contributed by atoms with Crippen LogP contribution in [0.5, 0.6) is 11.5 Å². The van der Waals surface area contributed by atoms with Gasteiger partial charge in [-0.3, -0.25) is 4.79 Å². The zero-order chi connectivity index (χ0) is 15.2. The molecule has 0 amide bonds. The molecule has 112 valence electrons. The van der Waals surface area contributed by atoms with Gasteiger partial charge in [0.15, 0.2) is 17.3 Å². The van der Waals surface area contributed by atoms with Crippen molar-refractivity contribution in [3.8, 4) is 11.5 Å². The van der Waals surface area contributed by atoms with Gasteiger partial charge >= 0.3 is 0 Å². The molecule has 0 saturated carbocycles. The summed E-state index contributed by atoms with van der Waals surface area (Å²) in [6.45, 7) is 4.93. The number of carbonyl (C=O) groups excluding carboxylic acids is 1. The minimum atomic E-state index is 0.0714. The highest BCUT2D eigenvalue weighted by Crippen LogP contribution is 2.30. The van der Waals surface area contributed by atoms with E-state index in [1.165, 1.54) is 0 Å². The minimum Gasteiger partial charge on any atom is -0.490 e. The molecule has 0 radical (unpaired) electrons. The van der Waals surface area contributed by atoms with E-state index in [1.54, 1.807) is 29.5 Å². The molecule has 0 N–H and O–H groups in total. The van der Waals surface area contributed by atoms with Gasteiger partial charge in [0.1, 0.15) is 0 Å². The van der Waals surface area contributed by atoms with Gasteiger partial charge in [-0.15, -0.1) is 11.3 Å². The molecule has 0 fully saturated rings. The number of rotatable bonds is 7. The van der Waals surface area contributed by atoms with Crippen molar-refractivity contribution in [2.75, 3.05) is 13.2 Å². The van der Waals surface area contributed by atoms with Crippen LogP contribution < -0.4 is 9.47 Å². The Balaban J connectivity index is 2.21. The number of ketones is 1. The normalized spacial score (nSPS) is 10.4. The minimum absolute atomic E-state index is 0.0714. The van der Waals surface area contributed by atoms with Crippen LogP contribution in [0, 0.1) is 0 Å². The van der Waals surface area contributed by atoms with Gasteiger partial charge in [-0.2, -0.15) is 0 Å². The third kappa shape index (κ3) is 4.08. The van der Waals surface area contributed by atoms with Crippen LogP contribution in [-0.4, -0.2) is 19.0 Å². The summed E-state index contributed by atoms with van der Waals surface area (Å²) in [7, 11) is 0. The van der Waals surface area contributed by atoms with Crippen LogP contribution in [0.1, 0.15) is 29.1 Å². The molecular formula is C16H17BrO3S. The van der Waals surface area contributed by atoms with E-state index in [-0.39, 0.29) is 5.78 Å². The highest BCUT2D eigenvalue weighted by molar-refractivity contribution is 9.10. The predicted molar refractivity (Wildman–Crippen MR) is 88.8 cm³/mol. The van der Waals surface area contributed by atoms with Crippen LogP contribution in [0.2, 0.25) is 0 Å². The Kier molecular flexibility index (Phi) is 5.82. The molecule has 1 heterocycles. The lowest BCUT2D eigenvalue weighted by molar-refractivity contribution is 0.0993. The third-order valence-electron chi connectivity index (χ3n) is 2.88. The van der Waals surface area contributed by atoms with Crippen molar-refractivity contribution in [3.63, 3.8) is 0 Å². The lowest BCUT2D eigenvalue weighted by Gasteiger charge is -2.12. The van der Waals surface area contributed by atoms with E-state index in [1.807, 2.05) is 25.3 Å². The van der Waals surface area contributed by atoms with Gasteiger partial charge in [0.2, 0.25) is 0 Å². The Hall–Kier alpha value is -1.33. The fourth-order valence-electron chi connectivity index (χ4n) is 1.92. The van der Waals surface area contributed by atoms with Crippen molar-refractivity contribution in [3.05, 3.63) is 44.6 Å². The average Bonchev–Trinajstić information content (AvgIpc) is 2.86. The molecule has 21 heavy (non-hydrogen) atoms. The molecule has 0 aliphatic rings. The number of carbonyl (C=O) groups is 1. The molecule has 5 heteroatoms. The standard InChI is InChI=1S/C16H17BrO3S/c1-3-19-14-6-5-11(9-15(14)20-4-2)13(18)10-16-12(17)7-8-21-16/h5-9H,3-4,10H2,1-2H3. The van der Waals surface area contributed by atoms with Crippen LogP contribution in [0.3, 0.4) is 0 Å². The van der Waals surface area contributed by atoms with E-state index in [0.717, 1.165) is 9.35 Å². The second-order valence-electron chi connectivity index (χ2n) is 4.32. The largest absolute Gasteiger partial charge is 0.490 e. The predicted octanol–water partition coefficient (Wildman–Crippen LogP) is 4.73. The number of benzene rings is 1.